The van der Waals surface area contributed by atoms with Gasteiger partial charge >= 0.3 is 0 Å². The van der Waals surface area contributed by atoms with E-state index in [0.717, 1.165) is 0 Å². The second-order valence-corrected chi connectivity index (χ2v) is 4.72. The quantitative estimate of drug-likeness (QED) is 0.734. The highest BCUT2D eigenvalue weighted by Crippen LogP contribution is 2.22. The summed E-state index contributed by atoms with van der Waals surface area (Å²) in [4.78, 5) is 10.7. The van der Waals surface area contributed by atoms with E-state index in [0.29, 0.717) is 11.3 Å². The largest absolute Gasteiger partial charge is 0.496 e. The lowest BCUT2D eigenvalue weighted by Gasteiger charge is -2.08. The molecule has 1 rings (SSSR count). The molecule has 4 N–H and O–H groups in total. The second-order valence-electron chi connectivity index (χ2n) is 3.16. The molecule has 0 aliphatic rings. The van der Waals surface area contributed by atoms with Crippen molar-refractivity contribution in [3.8, 4) is 5.75 Å². The van der Waals surface area contributed by atoms with Crippen LogP contribution in [0.5, 0.6) is 5.75 Å². The minimum atomic E-state index is -3.79. The van der Waals surface area contributed by atoms with E-state index in [2.05, 4.69) is 0 Å². The van der Waals surface area contributed by atoms with Crippen molar-refractivity contribution in [2.45, 2.75) is 11.3 Å². The fraction of sp³-hybridized carbons (Fsp3) is 0.222. The van der Waals surface area contributed by atoms with Crippen LogP contribution in [0.1, 0.15) is 5.56 Å². The zero-order valence-electron chi connectivity index (χ0n) is 8.64. The molecule has 1 aromatic carbocycles. The number of methoxy groups -OCH3 is 1. The minimum absolute atomic E-state index is 0.0791. The Morgan fingerprint density at radius 2 is 2.06 bits per heavy atom. The fourth-order valence-corrected chi connectivity index (χ4v) is 1.82. The number of hydrogen-bond acceptors (Lipinski definition) is 4. The van der Waals surface area contributed by atoms with Gasteiger partial charge in [0.2, 0.25) is 15.9 Å². The molecule has 16 heavy (non-hydrogen) atoms. The molecule has 0 heterocycles. The number of primary amides is 1. The smallest absolute Gasteiger partial charge is 0.238 e. The van der Waals surface area contributed by atoms with Crippen molar-refractivity contribution >= 4 is 15.9 Å². The molecule has 6 nitrogen and oxygen atoms in total. The summed E-state index contributed by atoms with van der Waals surface area (Å²) in [5, 5.41) is 4.96. The van der Waals surface area contributed by atoms with E-state index in [1.165, 1.54) is 25.3 Å². The van der Waals surface area contributed by atoms with Crippen LogP contribution in [-0.2, 0) is 21.2 Å². The Kier molecular flexibility index (Phi) is 3.51. The van der Waals surface area contributed by atoms with Crippen molar-refractivity contribution in [1.82, 2.24) is 0 Å². The number of primary sulfonamides is 1. The van der Waals surface area contributed by atoms with Gasteiger partial charge in [-0.05, 0) is 18.2 Å². The molecule has 0 atom stereocenters. The van der Waals surface area contributed by atoms with Crippen LogP contribution in [-0.4, -0.2) is 21.4 Å². The summed E-state index contributed by atoms with van der Waals surface area (Å²) in [7, 11) is -2.38. The zero-order valence-corrected chi connectivity index (χ0v) is 9.45. The third-order valence-corrected chi connectivity index (χ3v) is 2.86. The van der Waals surface area contributed by atoms with Crippen LogP contribution < -0.4 is 15.6 Å². The van der Waals surface area contributed by atoms with E-state index in [-0.39, 0.29) is 11.3 Å². The summed E-state index contributed by atoms with van der Waals surface area (Å²) < 4.78 is 27.2. The minimum Gasteiger partial charge on any atom is -0.496 e. The molecular formula is C9H12N2O4S. The molecule has 0 aliphatic carbocycles. The molecule has 0 saturated carbocycles. The lowest BCUT2D eigenvalue weighted by atomic mass is 10.1. The first kappa shape index (κ1) is 12.5. The van der Waals surface area contributed by atoms with Gasteiger partial charge < -0.3 is 10.5 Å². The first-order valence-electron chi connectivity index (χ1n) is 4.32. The number of hydrogen-bond donors (Lipinski definition) is 2. The normalized spacial score (nSPS) is 11.1. The molecule has 7 heteroatoms. The van der Waals surface area contributed by atoms with Crippen molar-refractivity contribution in [2.75, 3.05) is 7.11 Å². The van der Waals surface area contributed by atoms with Crippen molar-refractivity contribution < 1.29 is 17.9 Å². The highest BCUT2D eigenvalue weighted by Gasteiger charge is 2.13. The Labute approximate surface area is 93.2 Å². The third-order valence-electron chi connectivity index (χ3n) is 1.95. The predicted octanol–water partition coefficient (Wildman–Crippen LogP) is -0.630. The van der Waals surface area contributed by atoms with Gasteiger partial charge in [0.25, 0.3) is 0 Å². The van der Waals surface area contributed by atoms with E-state index in [4.69, 9.17) is 15.6 Å². The number of sulfonamides is 1. The number of amides is 1. The van der Waals surface area contributed by atoms with Crippen LogP contribution in [0.4, 0.5) is 0 Å². The van der Waals surface area contributed by atoms with Gasteiger partial charge in [0.15, 0.2) is 0 Å². The van der Waals surface area contributed by atoms with Gasteiger partial charge in [-0.2, -0.15) is 0 Å². The Morgan fingerprint density at radius 3 is 2.50 bits per heavy atom. The topological polar surface area (TPSA) is 112 Å². The standard InChI is InChI=1S/C9H12N2O4S/c1-15-8-3-2-7(16(11,13)14)4-6(8)5-9(10)12/h2-4H,5H2,1H3,(H2,10,12)(H2,11,13,14). The van der Waals surface area contributed by atoms with Gasteiger partial charge in [-0.3, -0.25) is 4.79 Å². The lowest BCUT2D eigenvalue weighted by molar-refractivity contribution is -0.117. The van der Waals surface area contributed by atoms with Crippen LogP contribution in [0, 0.1) is 0 Å². The van der Waals surface area contributed by atoms with Crippen molar-refractivity contribution in [3.05, 3.63) is 23.8 Å². The summed E-state index contributed by atoms with van der Waals surface area (Å²) in [5.41, 5.74) is 5.42. The molecule has 0 fully saturated rings. The molecule has 0 saturated heterocycles. The van der Waals surface area contributed by atoms with Gasteiger partial charge in [0, 0.05) is 5.56 Å². The van der Waals surface area contributed by atoms with Gasteiger partial charge in [0.05, 0.1) is 18.4 Å². The molecular weight excluding hydrogens is 232 g/mol. The maximum atomic E-state index is 11.1. The highest BCUT2D eigenvalue weighted by molar-refractivity contribution is 7.89. The lowest BCUT2D eigenvalue weighted by Crippen LogP contribution is -2.16. The summed E-state index contributed by atoms with van der Waals surface area (Å²) in [6.45, 7) is 0. The number of carbonyl (C=O) groups excluding carboxylic acids is 1. The first-order valence-corrected chi connectivity index (χ1v) is 5.87. The Hall–Kier alpha value is -1.60. The van der Waals surface area contributed by atoms with E-state index < -0.39 is 15.9 Å². The second kappa shape index (κ2) is 4.50. The summed E-state index contributed by atoms with van der Waals surface area (Å²) in [6.07, 6.45) is -0.105. The van der Waals surface area contributed by atoms with E-state index in [1.807, 2.05) is 0 Å². The number of benzene rings is 1. The molecule has 1 aromatic rings. The number of nitrogens with two attached hydrogens (primary N) is 2. The van der Waals surface area contributed by atoms with Crippen LogP contribution in [0.25, 0.3) is 0 Å². The monoisotopic (exact) mass is 244 g/mol. The summed E-state index contributed by atoms with van der Waals surface area (Å²) in [5.74, 6) is -0.184. The Balaban J connectivity index is 3.27. The van der Waals surface area contributed by atoms with E-state index in [9.17, 15) is 13.2 Å². The van der Waals surface area contributed by atoms with Gasteiger partial charge in [0.1, 0.15) is 5.75 Å². The summed E-state index contributed by atoms with van der Waals surface area (Å²) >= 11 is 0. The Morgan fingerprint density at radius 1 is 1.44 bits per heavy atom. The van der Waals surface area contributed by atoms with Gasteiger partial charge in [-0.15, -0.1) is 0 Å². The number of ether oxygens (including phenoxy) is 1. The molecule has 0 radical (unpaired) electrons. The fourth-order valence-electron chi connectivity index (χ4n) is 1.26. The number of rotatable bonds is 4. The Bertz CT molecular complexity index is 510. The molecule has 0 spiro atoms. The van der Waals surface area contributed by atoms with E-state index >= 15 is 0 Å². The average molecular weight is 244 g/mol. The maximum absolute atomic E-state index is 11.1. The van der Waals surface area contributed by atoms with Crippen LogP contribution in [0.3, 0.4) is 0 Å². The molecule has 1 amide bonds. The average Bonchev–Trinajstić information content (AvgIpc) is 2.15. The first-order chi connectivity index (χ1) is 7.34. The van der Waals surface area contributed by atoms with E-state index in [1.54, 1.807) is 0 Å². The van der Waals surface area contributed by atoms with Gasteiger partial charge in [-0.25, -0.2) is 13.6 Å². The molecule has 0 aliphatic heterocycles. The molecule has 0 unspecified atom stereocenters. The zero-order chi connectivity index (χ0) is 12.3. The van der Waals surface area contributed by atoms with Crippen molar-refractivity contribution in [2.24, 2.45) is 10.9 Å². The SMILES string of the molecule is COc1ccc(S(N)(=O)=O)cc1CC(N)=O. The van der Waals surface area contributed by atoms with Crippen molar-refractivity contribution in [1.29, 1.82) is 0 Å². The van der Waals surface area contributed by atoms with Gasteiger partial charge in [-0.1, -0.05) is 0 Å². The van der Waals surface area contributed by atoms with Crippen molar-refractivity contribution in [3.63, 3.8) is 0 Å². The summed E-state index contributed by atoms with van der Waals surface area (Å²) in [6, 6.07) is 4.01. The van der Waals surface area contributed by atoms with Crippen LogP contribution in [0.15, 0.2) is 23.1 Å². The molecule has 88 valence electrons. The van der Waals surface area contributed by atoms with Crippen LogP contribution in [0.2, 0.25) is 0 Å². The molecule has 0 bridgehead atoms. The third kappa shape index (κ3) is 2.94. The molecule has 0 aromatic heterocycles. The number of carbonyl (C=O) groups is 1. The highest BCUT2D eigenvalue weighted by atomic mass is 32.2. The maximum Gasteiger partial charge on any atom is 0.238 e. The van der Waals surface area contributed by atoms with Crippen LogP contribution >= 0.6 is 0 Å². The predicted molar refractivity (Wildman–Crippen MR) is 57.3 cm³/mol.